The molecule has 0 bridgehead atoms. The summed E-state index contributed by atoms with van der Waals surface area (Å²) in [6, 6.07) is 5.13. The highest BCUT2D eigenvalue weighted by Crippen LogP contribution is 2.27. The summed E-state index contributed by atoms with van der Waals surface area (Å²) < 4.78 is 16.4. The van der Waals surface area contributed by atoms with Crippen molar-refractivity contribution in [3.8, 4) is 11.4 Å². The molecular weight excluding hydrogens is 333 g/mol. The number of benzene rings is 1. The maximum Gasteiger partial charge on any atom is 0.167 e. The van der Waals surface area contributed by atoms with Crippen LogP contribution in [0.25, 0.3) is 11.4 Å². The first-order chi connectivity index (χ1) is 9.04. The molecular formula is C13H14BrClFN3. The molecule has 0 fully saturated rings. The smallest absolute Gasteiger partial charge is 0.167 e. The fraction of sp³-hybridized carbons (Fsp3) is 0.385. The van der Waals surface area contributed by atoms with Crippen molar-refractivity contribution in [2.24, 2.45) is 5.92 Å². The van der Waals surface area contributed by atoms with Crippen molar-refractivity contribution in [2.45, 2.75) is 26.3 Å². The third kappa shape index (κ3) is 2.98. The monoisotopic (exact) mass is 345 g/mol. The molecule has 1 aromatic heterocycles. The van der Waals surface area contributed by atoms with E-state index in [9.17, 15) is 4.39 Å². The van der Waals surface area contributed by atoms with Gasteiger partial charge in [0.05, 0.1) is 15.9 Å². The molecule has 0 spiro atoms. The molecule has 6 heteroatoms. The van der Waals surface area contributed by atoms with E-state index in [2.05, 4.69) is 40.0 Å². The Morgan fingerprint density at radius 2 is 2.11 bits per heavy atom. The van der Waals surface area contributed by atoms with Crippen LogP contribution in [0.1, 0.15) is 19.7 Å². The molecule has 1 aromatic carbocycles. The topological polar surface area (TPSA) is 30.7 Å². The molecule has 0 amide bonds. The van der Waals surface area contributed by atoms with Crippen LogP contribution in [0.5, 0.6) is 0 Å². The highest BCUT2D eigenvalue weighted by molar-refractivity contribution is 9.10. The molecule has 2 rings (SSSR count). The zero-order chi connectivity index (χ0) is 14.0. The Bertz CT molecular complexity index is 583. The Balaban J connectivity index is 2.55. The van der Waals surface area contributed by atoms with Gasteiger partial charge < -0.3 is 4.57 Å². The van der Waals surface area contributed by atoms with Crippen LogP contribution in [0.2, 0.25) is 0 Å². The van der Waals surface area contributed by atoms with Gasteiger partial charge in [-0.15, -0.1) is 21.8 Å². The van der Waals surface area contributed by atoms with E-state index in [1.807, 2.05) is 4.57 Å². The summed E-state index contributed by atoms with van der Waals surface area (Å²) in [7, 11) is 0. The number of rotatable bonds is 4. The van der Waals surface area contributed by atoms with Crippen LogP contribution in [-0.4, -0.2) is 14.8 Å². The summed E-state index contributed by atoms with van der Waals surface area (Å²) in [5.41, 5.74) is 0.430. The van der Waals surface area contributed by atoms with Gasteiger partial charge in [-0.2, -0.15) is 0 Å². The van der Waals surface area contributed by atoms with Gasteiger partial charge in [0.25, 0.3) is 0 Å². The van der Waals surface area contributed by atoms with Gasteiger partial charge in [-0.05, 0) is 34.0 Å². The number of alkyl halides is 1. The molecule has 0 saturated heterocycles. The normalized spacial score (nSPS) is 11.3. The molecule has 0 N–H and O–H groups in total. The summed E-state index contributed by atoms with van der Waals surface area (Å²) >= 11 is 9.05. The van der Waals surface area contributed by atoms with Crippen molar-refractivity contribution in [1.82, 2.24) is 14.8 Å². The average molecular weight is 347 g/mol. The number of aromatic nitrogens is 3. The van der Waals surface area contributed by atoms with E-state index in [4.69, 9.17) is 11.6 Å². The molecule has 19 heavy (non-hydrogen) atoms. The van der Waals surface area contributed by atoms with Crippen LogP contribution in [0.4, 0.5) is 4.39 Å². The van der Waals surface area contributed by atoms with E-state index in [1.165, 1.54) is 0 Å². The lowest BCUT2D eigenvalue weighted by atomic mass is 10.1. The van der Waals surface area contributed by atoms with E-state index >= 15 is 0 Å². The molecule has 3 nitrogen and oxygen atoms in total. The molecule has 0 saturated carbocycles. The third-order valence-electron chi connectivity index (χ3n) is 2.69. The quantitative estimate of drug-likeness (QED) is 0.775. The first-order valence-corrected chi connectivity index (χ1v) is 7.29. The maximum absolute atomic E-state index is 14.2. The van der Waals surface area contributed by atoms with Crippen LogP contribution in [-0.2, 0) is 12.4 Å². The lowest BCUT2D eigenvalue weighted by molar-refractivity contribution is 0.514. The summed E-state index contributed by atoms with van der Waals surface area (Å²) in [4.78, 5) is 0. The molecule has 102 valence electrons. The van der Waals surface area contributed by atoms with Gasteiger partial charge in [-0.3, -0.25) is 0 Å². The Labute approximate surface area is 124 Å². The molecule has 1 heterocycles. The second-order valence-electron chi connectivity index (χ2n) is 4.68. The Kier molecular flexibility index (Phi) is 4.58. The van der Waals surface area contributed by atoms with Crippen molar-refractivity contribution < 1.29 is 4.39 Å². The van der Waals surface area contributed by atoms with Crippen LogP contribution in [0, 0.1) is 11.7 Å². The van der Waals surface area contributed by atoms with E-state index in [0.29, 0.717) is 34.1 Å². The van der Waals surface area contributed by atoms with Gasteiger partial charge in [0.1, 0.15) is 11.6 Å². The van der Waals surface area contributed by atoms with Gasteiger partial charge >= 0.3 is 0 Å². The number of hydrogen-bond acceptors (Lipinski definition) is 2. The molecule has 0 aliphatic rings. The lowest BCUT2D eigenvalue weighted by Crippen LogP contribution is -2.10. The second-order valence-corrected chi connectivity index (χ2v) is 5.80. The summed E-state index contributed by atoms with van der Waals surface area (Å²) in [5.74, 6) is 1.50. The van der Waals surface area contributed by atoms with Gasteiger partial charge in [0.15, 0.2) is 5.82 Å². The molecule has 0 unspecified atom stereocenters. The minimum absolute atomic E-state index is 0.259. The summed E-state index contributed by atoms with van der Waals surface area (Å²) in [5, 5.41) is 8.11. The number of nitrogens with zero attached hydrogens (tertiary/aromatic N) is 3. The molecule has 2 aromatic rings. The first kappa shape index (κ1) is 14.5. The Morgan fingerprint density at radius 1 is 1.37 bits per heavy atom. The van der Waals surface area contributed by atoms with Crippen LogP contribution in [0.15, 0.2) is 22.7 Å². The van der Waals surface area contributed by atoms with Crippen LogP contribution in [0.3, 0.4) is 0 Å². The Hall–Kier alpha value is -0.940. The zero-order valence-corrected chi connectivity index (χ0v) is 13.0. The molecule has 0 radical (unpaired) electrons. The standard InChI is InChI=1S/C13H14BrClFN3/c1-8(2)7-19-11(6-15)17-18-13(19)9-4-3-5-10(14)12(9)16/h3-5,8H,6-7H2,1-2H3. The highest BCUT2D eigenvalue weighted by Gasteiger charge is 2.18. The highest BCUT2D eigenvalue weighted by atomic mass is 79.9. The van der Waals surface area contributed by atoms with Gasteiger partial charge in [-0.1, -0.05) is 19.9 Å². The van der Waals surface area contributed by atoms with Crippen molar-refractivity contribution in [3.05, 3.63) is 34.3 Å². The van der Waals surface area contributed by atoms with Crippen LogP contribution >= 0.6 is 27.5 Å². The molecule has 0 aliphatic heterocycles. The number of hydrogen-bond donors (Lipinski definition) is 0. The fourth-order valence-electron chi connectivity index (χ4n) is 1.87. The van der Waals surface area contributed by atoms with Crippen LogP contribution < -0.4 is 0 Å². The minimum atomic E-state index is -0.332. The van der Waals surface area contributed by atoms with E-state index in [0.717, 1.165) is 0 Å². The van der Waals surface area contributed by atoms with Crippen molar-refractivity contribution in [3.63, 3.8) is 0 Å². The zero-order valence-electron chi connectivity index (χ0n) is 10.7. The third-order valence-corrected chi connectivity index (χ3v) is 3.54. The van der Waals surface area contributed by atoms with Gasteiger partial charge in [0, 0.05) is 6.54 Å². The number of halogens is 3. The first-order valence-electron chi connectivity index (χ1n) is 5.97. The predicted octanol–water partition coefficient (Wildman–Crippen LogP) is 4.24. The van der Waals surface area contributed by atoms with E-state index in [-0.39, 0.29) is 11.7 Å². The summed E-state index contributed by atoms with van der Waals surface area (Å²) in [6.07, 6.45) is 0. The Morgan fingerprint density at radius 3 is 2.74 bits per heavy atom. The van der Waals surface area contributed by atoms with Gasteiger partial charge in [-0.25, -0.2) is 4.39 Å². The SMILES string of the molecule is CC(C)Cn1c(CCl)nnc1-c1cccc(Br)c1F. The van der Waals surface area contributed by atoms with E-state index < -0.39 is 0 Å². The van der Waals surface area contributed by atoms with Crippen molar-refractivity contribution in [2.75, 3.05) is 0 Å². The van der Waals surface area contributed by atoms with E-state index in [1.54, 1.807) is 18.2 Å². The fourth-order valence-corrected chi connectivity index (χ4v) is 2.43. The maximum atomic E-state index is 14.2. The summed E-state index contributed by atoms with van der Waals surface area (Å²) in [6.45, 7) is 4.87. The van der Waals surface area contributed by atoms with Crippen molar-refractivity contribution in [1.29, 1.82) is 0 Å². The van der Waals surface area contributed by atoms with Gasteiger partial charge in [0.2, 0.25) is 0 Å². The largest absolute Gasteiger partial charge is 0.310 e. The average Bonchev–Trinajstić information content (AvgIpc) is 2.75. The second kappa shape index (κ2) is 6.01. The molecule has 0 atom stereocenters. The lowest BCUT2D eigenvalue weighted by Gasteiger charge is -2.12. The molecule has 0 aliphatic carbocycles. The predicted molar refractivity (Wildman–Crippen MR) is 77.5 cm³/mol. The van der Waals surface area contributed by atoms with Crippen molar-refractivity contribution >= 4 is 27.5 Å². The minimum Gasteiger partial charge on any atom is -0.310 e.